The lowest BCUT2D eigenvalue weighted by Crippen LogP contribution is -2.30. The van der Waals surface area contributed by atoms with E-state index in [1.807, 2.05) is 0 Å². The van der Waals surface area contributed by atoms with Crippen LogP contribution in [0.1, 0.15) is 299 Å². The van der Waals surface area contributed by atoms with Crippen molar-refractivity contribution in [1.82, 2.24) is 0 Å². The summed E-state index contributed by atoms with van der Waals surface area (Å²) in [6.45, 7) is 11.6. The summed E-state index contributed by atoms with van der Waals surface area (Å²) in [7, 11) is -9.90. The molecular formula is C66H124O17P2. The summed E-state index contributed by atoms with van der Waals surface area (Å²) in [5, 5.41) is 10.5. The molecule has 0 aliphatic rings. The van der Waals surface area contributed by atoms with Gasteiger partial charge in [-0.3, -0.25) is 37.3 Å². The number of unbranched alkanes of at least 4 members (excludes halogenated alkanes) is 26. The van der Waals surface area contributed by atoms with Crippen LogP contribution in [-0.4, -0.2) is 96.7 Å². The van der Waals surface area contributed by atoms with E-state index >= 15 is 0 Å². The van der Waals surface area contributed by atoms with Crippen LogP contribution in [-0.2, 0) is 65.4 Å². The number of phosphoric ester groups is 2. The van der Waals surface area contributed by atoms with Crippen molar-refractivity contribution in [3.63, 3.8) is 0 Å². The predicted molar refractivity (Wildman–Crippen MR) is 340 cm³/mol. The molecule has 0 bridgehead atoms. The highest BCUT2D eigenvalue weighted by atomic mass is 31.2. The van der Waals surface area contributed by atoms with Gasteiger partial charge in [0.25, 0.3) is 0 Å². The van der Waals surface area contributed by atoms with Gasteiger partial charge in [0.1, 0.15) is 19.3 Å². The Morgan fingerprint density at radius 2 is 0.694 bits per heavy atom. The molecule has 0 aromatic heterocycles. The number of phosphoric acid groups is 2. The van der Waals surface area contributed by atoms with Crippen molar-refractivity contribution in [2.75, 3.05) is 39.6 Å². The van der Waals surface area contributed by atoms with Crippen molar-refractivity contribution < 1.29 is 80.2 Å². The van der Waals surface area contributed by atoms with Gasteiger partial charge in [-0.2, -0.15) is 0 Å². The van der Waals surface area contributed by atoms with Crippen molar-refractivity contribution in [2.24, 2.45) is 17.8 Å². The predicted octanol–water partition coefficient (Wildman–Crippen LogP) is 17.8. The molecule has 6 atom stereocenters. The number of esters is 4. The van der Waals surface area contributed by atoms with Gasteiger partial charge in [-0.15, -0.1) is 0 Å². The number of aliphatic hydroxyl groups excluding tert-OH is 1. The van der Waals surface area contributed by atoms with E-state index < -0.39 is 97.5 Å². The Bertz CT molecular complexity index is 1780. The number of aliphatic hydroxyl groups is 1. The second-order valence-electron chi connectivity index (χ2n) is 24.4. The minimum Gasteiger partial charge on any atom is -0.462 e. The molecule has 0 heterocycles. The standard InChI is InChI=1S/C66H124O17P2/c1-8-10-11-12-13-14-15-16-17-18-19-20-24-33-40-47-63(68)76-54-62(83-66(71)50-43-36-29-27-32-39-46-59(7)9-2)56-81-85(74,75)79-52-60(67)51-78-84(72,73)80-55-61(82-65(70)49-42-35-28-26-31-38-45-58(5)6)53-77-64(69)48-41-34-25-22-21-23-30-37-44-57(3)4/h14-17,57-62,67H,8-13,18-56H2,1-7H3,(H,72,73)(H,74,75)/b15-14-,17-16-/t59?,60?,61-,62-/m1/s1. The summed E-state index contributed by atoms with van der Waals surface area (Å²) >= 11 is 0. The molecule has 17 nitrogen and oxygen atoms in total. The summed E-state index contributed by atoms with van der Waals surface area (Å²) in [6.07, 6.45) is 41.4. The lowest BCUT2D eigenvalue weighted by molar-refractivity contribution is -0.161. The summed E-state index contributed by atoms with van der Waals surface area (Å²) < 4.78 is 68.0. The molecule has 0 saturated heterocycles. The summed E-state index contributed by atoms with van der Waals surface area (Å²) in [6, 6.07) is 0. The Balaban J connectivity index is 5.25. The van der Waals surface area contributed by atoms with E-state index in [4.69, 9.17) is 37.0 Å². The molecule has 0 aliphatic carbocycles. The van der Waals surface area contributed by atoms with Crippen molar-refractivity contribution in [1.29, 1.82) is 0 Å². The van der Waals surface area contributed by atoms with Crippen LogP contribution in [0.25, 0.3) is 0 Å². The molecule has 4 unspecified atom stereocenters. The van der Waals surface area contributed by atoms with Gasteiger partial charge in [0, 0.05) is 25.7 Å². The van der Waals surface area contributed by atoms with Gasteiger partial charge < -0.3 is 33.8 Å². The van der Waals surface area contributed by atoms with E-state index in [0.717, 1.165) is 121 Å². The van der Waals surface area contributed by atoms with Gasteiger partial charge in [-0.25, -0.2) is 9.13 Å². The molecule has 0 spiro atoms. The minimum absolute atomic E-state index is 0.0954. The van der Waals surface area contributed by atoms with Crippen LogP contribution in [0.5, 0.6) is 0 Å². The molecule has 19 heteroatoms. The average Bonchev–Trinajstić information content (AvgIpc) is 3.61. The zero-order chi connectivity index (χ0) is 63.1. The van der Waals surface area contributed by atoms with Gasteiger partial charge in [-0.05, 0) is 69.1 Å². The fourth-order valence-corrected chi connectivity index (χ4v) is 10.8. The number of hydrogen-bond acceptors (Lipinski definition) is 15. The Hall–Kier alpha value is -2.46. The molecule has 500 valence electrons. The topological polar surface area (TPSA) is 237 Å². The maximum atomic E-state index is 13.0. The second-order valence-corrected chi connectivity index (χ2v) is 27.3. The number of hydrogen-bond donors (Lipinski definition) is 3. The number of allylic oxidation sites excluding steroid dienone is 4. The van der Waals surface area contributed by atoms with E-state index in [1.54, 1.807) is 0 Å². The third kappa shape index (κ3) is 59.0. The number of ether oxygens (including phenoxy) is 4. The Kier molecular flexibility index (Phi) is 55.1. The normalized spacial score (nSPS) is 14.8. The first-order valence-electron chi connectivity index (χ1n) is 33.7. The third-order valence-electron chi connectivity index (χ3n) is 14.9. The molecule has 0 saturated carbocycles. The van der Waals surface area contributed by atoms with Crippen LogP contribution in [0.3, 0.4) is 0 Å². The number of carbonyl (C=O) groups is 4. The monoisotopic (exact) mass is 1250 g/mol. The minimum atomic E-state index is -4.95. The Labute approximate surface area is 516 Å². The quantitative estimate of drug-likeness (QED) is 0.0169. The first-order chi connectivity index (χ1) is 40.8. The molecule has 0 radical (unpaired) electrons. The first-order valence-corrected chi connectivity index (χ1v) is 36.7. The van der Waals surface area contributed by atoms with Crippen LogP contribution in [0.2, 0.25) is 0 Å². The van der Waals surface area contributed by atoms with E-state index in [1.165, 1.54) is 89.9 Å². The number of carbonyl (C=O) groups excluding carboxylic acids is 4. The molecule has 0 amide bonds. The fraction of sp³-hybridized carbons (Fsp3) is 0.879. The van der Waals surface area contributed by atoms with Crippen LogP contribution >= 0.6 is 15.6 Å². The van der Waals surface area contributed by atoms with Crippen molar-refractivity contribution in [3.8, 4) is 0 Å². The molecule has 0 aromatic rings. The van der Waals surface area contributed by atoms with Gasteiger partial charge in [0.05, 0.1) is 26.4 Å². The van der Waals surface area contributed by atoms with Gasteiger partial charge in [0.15, 0.2) is 12.2 Å². The van der Waals surface area contributed by atoms with Crippen molar-refractivity contribution in [2.45, 2.75) is 317 Å². The van der Waals surface area contributed by atoms with Crippen LogP contribution < -0.4 is 0 Å². The molecule has 0 fully saturated rings. The average molecular weight is 1250 g/mol. The SMILES string of the molecule is CCCCCC/C=C\C=C/CCCCCCCC(=O)OC[C@H](COP(=O)(O)OCC(O)COP(=O)(O)OC[C@@H](COC(=O)CCCCCCCCCCC(C)C)OC(=O)CCCCCCCCC(C)C)OC(=O)CCCCCCCCC(C)CC. The molecule has 0 aliphatic heterocycles. The van der Waals surface area contributed by atoms with Crippen LogP contribution in [0.15, 0.2) is 24.3 Å². The highest BCUT2D eigenvalue weighted by molar-refractivity contribution is 7.47. The van der Waals surface area contributed by atoms with E-state index in [0.29, 0.717) is 31.6 Å². The summed E-state index contributed by atoms with van der Waals surface area (Å²) in [5.41, 5.74) is 0. The van der Waals surface area contributed by atoms with E-state index in [9.17, 15) is 43.2 Å². The molecule has 0 rings (SSSR count). The first kappa shape index (κ1) is 82.5. The molecule has 85 heavy (non-hydrogen) atoms. The molecular weight excluding hydrogens is 1130 g/mol. The van der Waals surface area contributed by atoms with Crippen LogP contribution in [0.4, 0.5) is 0 Å². The maximum Gasteiger partial charge on any atom is 0.472 e. The van der Waals surface area contributed by atoms with Crippen molar-refractivity contribution >= 4 is 39.5 Å². The summed E-state index contributed by atoms with van der Waals surface area (Å²) in [5.74, 6) is -0.0620. The van der Waals surface area contributed by atoms with E-state index in [2.05, 4.69) is 72.8 Å². The third-order valence-corrected chi connectivity index (χ3v) is 16.8. The van der Waals surface area contributed by atoms with Crippen LogP contribution in [0, 0.1) is 17.8 Å². The van der Waals surface area contributed by atoms with E-state index in [-0.39, 0.29) is 25.7 Å². The Morgan fingerprint density at radius 3 is 1.05 bits per heavy atom. The highest BCUT2D eigenvalue weighted by Gasteiger charge is 2.30. The van der Waals surface area contributed by atoms with Gasteiger partial charge in [-0.1, -0.05) is 246 Å². The van der Waals surface area contributed by atoms with Gasteiger partial charge in [0.2, 0.25) is 0 Å². The largest absolute Gasteiger partial charge is 0.472 e. The fourth-order valence-electron chi connectivity index (χ4n) is 9.26. The Morgan fingerprint density at radius 1 is 0.388 bits per heavy atom. The smallest absolute Gasteiger partial charge is 0.462 e. The maximum absolute atomic E-state index is 13.0. The van der Waals surface area contributed by atoms with Gasteiger partial charge >= 0.3 is 39.5 Å². The van der Waals surface area contributed by atoms with Crippen molar-refractivity contribution in [3.05, 3.63) is 24.3 Å². The molecule has 0 aromatic carbocycles. The highest BCUT2D eigenvalue weighted by Crippen LogP contribution is 2.45. The zero-order valence-electron chi connectivity index (χ0n) is 54.5. The lowest BCUT2D eigenvalue weighted by Gasteiger charge is -2.21. The lowest BCUT2D eigenvalue weighted by atomic mass is 10.00. The second kappa shape index (κ2) is 56.8. The number of rotatable bonds is 62. The molecule has 3 N–H and O–H groups in total. The zero-order valence-corrected chi connectivity index (χ0v) is 56.3. The summed E-state index contributed by atoms with van der Waals surface area (Å²) in [4.78, 5) is 72.2.